The molecule has 0 amide bonds. The summed E-state index contributed by atoms with van der Waals surface area (Å²) >= 11 is 6.07. The lowest BCUT2D eigenvalue weighted by Gasteiger charge is -2.17. The molecule has 0 saturated carbocycles. The van der Waals surface area contributed by atoms with Gasteiger partial charge in [0.1, 0.15) is 0 Å². The van der Waals surface area contributed by atoms with Crippen LogP contribution in [0.1, 0.15) is 16.1 Å². The number of alkyl halides is 3. The molecule has 0 fully saturated rings. The highest BCUT2D eigenvalue weighted by Gasteiger charge is 2.33. The van der Waals surface area contributed by atoms with E-state index in [-0.39, 0.29) is 11.3 Å². The van der Waals surface area contributed by atoms with Crippen LogP contribution in [-0.4, -0.2) is 24.2 Å². The fraction of sp³-hybridized carbons (Fsp3) is 0.158. The summed E-state index contributed by atoms with van der Waals surface area (Å²) in [6.07, 6.45) is -5.86. The Balaban J connectivity index is 2.45. The van der Waals surface area contributed by atoms with Crippen molar-refractivity contribution in [1.29, 1.82) is 0 Å². The van der Waals surface area contributed by atoms with Gasteiger partial charge in [-0.2, -0.15) is 13.2 Å². The molecule has 0 spiro atoms. The van der Waals surface area contributed by atoms with Gasteiger partial charge in [-0.15, -0.1) is 0 Å². The highest BCUT2D eigenvalue weighted by atomic mass is 35.5. The standard InChI is InChI=1S/C19H13ClF3NO2/c1-26-18(25)17-15(10-19(21,22)23)24-14-8-7-12(20)9-13(14)16(17)11-5-3-2-4-6-11/h2-9H,10H2,1H3. The quantitative estimate of drug-likeness (QED) is 0.568. The van der Waals surface area contributed by atoms with Crippen LogP contribution in [0.15, 0.2) is 48.5 Å². The van der Waals surface area contributed by atoms with Gasteiger partial charge < -0.3 is 4.74 Å². The first-order valence-electron chi connectivity index (χ1n) is 7.63. The molecule has 0 saturated heterocycles. The topological polar surface area (TPSA) is 39.2 Å². The highest BCUT2D eigenvalue weighted by Crippen LogP contribution is 2.36. The van der Waals surface area contributed by atoms with E-state index in [1.54, 1.807) is 42.5 Å². The summed E-state index contributed by atoms with van der Waals surface area (Å²) in [6.45, 7) is 0. The second-order valence-electron chi connectivity index (χ2n) is 5.62. The molecule has 3 rings (SSSR count). The molecule has 134 valence electrons. The van der Waals surface area contributed by atoms with Crippen molar-refractivity contribution in [2.75, 3.05) is 7.11 Å². The lowest BCUT2D eigenvalue weighted by molar-refractivity contribution is -0.127. The number of carbonyl (C=O) groups is 1. The second-order valence-corrected chi connectivity index (χ2v) is 6.06. The zero-order chi connectivity index (χ0) is 18.9. The average molecular weight is 380 g/mol. The maximum absolute atomic E-state index is 13.1. The summed E-state index contributed by atoms with van der Waals surface area (Å²) in [7, 11) is 1.12. The van der Waals surface area contributed by atoms with Gasteiger partial charge in [0.2, 0.25) is 0 Å². The van der Waals surface area contributed by atoms with Crippen LogP contribution in [0, 0.1) is 0 Å². The molecular weight excluding hydrogens is 367 g/mol. The number of hydrogen-bond acceptors (Lipinski definition) is 3. The fourth-order valence-corrected chi connectivity index (χ4v) is 3.00. The number of pyridine rings is 1. The van der Waals surface area contributed by atoms with Crippen molar-refractivity contribution in [3.63, 3.8) is 0 Å². The van der Waals surface area contributed by atoms with Crippen molar-refractivity contribution in [2.45, 2.75) is 12.6 Å². The third-order valence-electron chi connectivity index (χ3n) is 3.84. The van der Waals surface area contributed by atoms with Crippen LogP contribution >= 0.6 is 11.6 Å². The molecule has 3 nitrogen and oxygen atoms in total. The first-order chi connectivity index (χ1) is 12.3. The van der Waals surface area contributed by atoms with Crippen molar-refractivity contribution in [3.05, 3.63) is 64.8 Å². The Morgan fingerprint density at radius 1 is 1.15 bits per heavy atom. The predicted molar refractivity (Wildman–Crippen MR) is 93.3 cm³/mol. The number of hydrogen-bond donors (Lipinski definition) is 0. The molecule has 0 aliphatic rings. The second kappa shape index (κ2) is 6.96. The Morgan fingerprint density at radius 3 is 2.46 bits per heavy atom. The Labute approximate surface area is 152 Å². The number of halogens is 4. The van der Waals surface area contributed by atoms with Crippen molar-refractivity contribution < 1.29 is 22.7 Å². The van der Waals surface area contributed by atoms with Crippen LogP contribution < -0.4 is 0 Å². The van der Waals surface area contributed by atoms with Crippen molar-refractivity contribution in [2.24, 2.45) is 0 Å². The molecule has 0 bridgehead atoms. The molecule has 0 atom stereocenters. The SMILES string of the molecule is COC(=O)c1c(CC(F)(F)F)nc2ccc(Cl)cc2c1-c1ccccc1. The number of methoxy groups -OCH3 is 1. The van der Waals surface area contributed by atoms with Gasteiger partial charge >= 0.3 is 12.1 Å². The zero-order valence-corrected chi connectivity index (χ0v) is 14.4. The molecule has 1 aromatic heterocycles. The predicted octanol–water partition coefficient (Wildman–Crippen LogP) is 5.45. The van der Waals surface area contributed by atoms with E-state index in [1.165, 1.54) is 6.07 Å². The Morgan fingerprint density at radius 2 is 1.85 bits per heavy atom. The van der Waals surface area contributed by atoms with E-state index in [4.69, 9.17) is 16.3 Å². The molecular formula is C19H13ClF3NO2. The summed E-state index contributed by atoms with van der Waals surface area (Å²) in [5, 5.41) is 0.867. The fourth-order valence-electron chi connectivity index (χ4n) is 2.83. The van der Waals surface area contributed by atoms with Crippen LogP contribution in [-0.2, 0) is 11.2 Å². The van der Waals surface area contributed by atoms with Crippen LogP contribution in [0.25, 0.3) is 22.0 Å². The lowest BCUT2D eigenvalue weighted by atomic mass is 9.93. The number of esters is 1. The van der Waals surface area contributed by atoms with E-state index in [0.717, 1.165) is 7.11 Å². The van der Waals surface area contributed by atoms with Crippen LogP contribution in [0.2, 0.25) is 5.02 Å². The lowest BCUT2D eigenvalue weighted by Crippen LogP contribution is -2.18. The number of aromatic nitrogens is 1. The molecule has 0 unspecified atom stereocenters. The third-order valence-corrected chi connectivity index (χ3v) is 4.08. The van der Waals surface area contributed by atoms with Crippen molar-refractivity contribution in [3.8, 4) is 11.1 Å². The molecule has 3 aromatic rings. The smallest absolute Gasteiger partial charge is 0.394 e. The van der Waals surface area contributed by atoms with E-state index < -0.39 is 18.6 Å². The van der Waals surface area contributed by atoms with E-state index >= 15 is 0 Å². The largest absolute Gasteiger partial charge is 0.465 e. The minimum absolute atomic E-state index is 0.203. The van der Waals surface area contributed by atoms with Gasteiger partial charge in [0.05, 0.1) is 30.3 Å². The van der Waals surface area contributed by atoms with E-state index in [0.29, 0.717) is 27.1 Å². The Kier molecular flexibility index (Phi) is 4.87. The molecule has 0 aliphatic heterocycles. The third kappa shape index (κ3) is 3.65. The molecule has 7 heteroatoms. The van der Waals surface area contributed by atoms with Gasteiger partial charge in [-0.3, -0.25) is 4.98 Å². The minimum atomic E-state index is -4.52. The molecule has 0 aliphatic carbocycles. The first kappa shape index (κ1) is 18.2. The Hall–Kier alpha value is -2.60. The van der Waals surface area contributed by atoms with Crippen molar-refractivity contribution in [1.82, 2.24) is 4.98 Å². The summed E-state index contributed by atoms with van der Waals surface area (Å²) < 4.78 is 44.0. The molecule has 0 N–H and O–H groups in total. The molecule has 2 aromatic carbocycles. The van der Waals surface area contributed by atoms with Crippen LogP contribution in [0.5, 0.6) is 0 Å². The summed E-state index contributed by atoms with van der Waals surface area (Å²) in [4.78, 5) is 16.5. The number of carbonyl (C=O) groups excluding carboxylic acids is 1. The van der Waals surface area contributed by atoms with E-state index in [2.05, 4.69) is 4.98 Å². The first-order valence-corrected chi connectivity index (χ1v) is 8.00. The summed E-state index contributed by atoms with van der Waals surface area (Å²) in [6, 6.07) is 13.3. The number of nitrogens with zero attached hydrogens (tertiary/aromatic N) is 1. The average Bonchev–Trinajstić information content (AvgIpc) is 2.59. The number of fused-ring (bicyclic) bond motifs is 1. The molecule has 26 heavy (non-hydrogen) atoms. The van der Waals surface area contributed by atoms with Gasteiger partial charge in [0.15, 0.2) is 0 Å². The maximum atomic E-state index is 13.1. The van der Waals surface area contributed by atoms with Gasteiger partial charge in [0, 0.05) is 16.0 Å². The number of ether oxygens (including phenoxy) is 1. The van der Waals surface area contributed by atoms with Crippen LogP contribution in [0.3, 0.4) is 0 Å². The van der Waals surface area contributed by atoms with Gasteiger partial charge in [-0.25, -0.2) is 4.79 Å². The number of rotatable bonds is 3. The van der Waals surface area contributed by atoms with E-state index in [1.807, 2.05) is 0 Å². The number of benzene rings is 2. The van der Waals surface area contributed by atoms with E-state index in [9.17, 15) is 18.0 Å². The van der Waals surface area contributed by atoms with Gasteiger partial charge in [-0.1, -0.05) is 41.9 Å². The van der Waals surface area contributed by atoms with Crippen LogP contribution in [0.4, 0.5) is 13.2 Å². The Bertz CT molecular complexity index is 972. The molecule has 0 radical (unpaired) electrons. The van der Waals surface area contributed by atoms with Gasteiger partial charge in [-0.05, 0) is 23.8 Å². The normalized spacial score (nSPS) is 11.6. The maximum Gasteiger partial charge on any atom is 0.394 e. The monoisotopic (exact) mass is 379 g/mol. The zero-order valence-electron chi connectivity index (χ0n) is 13.6. The van der Waals surface area contributed by atoms with Crippen molar-refractivity contribution >= 4 is 28.5 Å². The summed E-state index contributed by atoms with van der Waals surface area (Å²) in [5.41, 5.74) is 0.638. The van der Waals surface area contributed by atoms with Gasteiger partial charge in [0.25, 0.3) is 0 Å². The molecule has 1 heterocycles. The summed E-state index contributed by atoms with van der Waals surface area (Å²) in [5.74, 6) is -0.877. The highest BCUT2D eigenvalue weighted by molar-refractivity contribution is 6.31. The minimum Gasteiger partial charge on any atom is -0.465 e.